The predicted molar refractivity (Wildman–Crippen MR) is 84.8 cm³/mol. The topological polar surface area (TPSA) is 98.7 Å². The third-order valence-corrected chi connectivity index (χ3v) is 3.48. The average molecular weight is 312 g/mol. The summed E-state index contributed by atoms with van der Waals surface area (Å²) in [5.41, 5.74) is 2.60. The maximum Gasteiger partial charge on any atom is 0.336 e. The second-order valence-corrected chi connectivity index (χ2v) is 5.10. The fourth-order valence-corrected chi connectivity index (χ4v) is 2.43. The summed E-state index contributed by atoms with van der Waals surface area (Å²) >= 11 is 0. The molecule has 0 saturated carbocycles. The van der Waals surface area contributed by atoms with E-state index in [1.807, 2.05) is 6.92 Å². The van der Waals surface area contributed by atoms with Crippen molar-refractivity contribution in [1.29, 1.82) is 0 Å². The Morgan fingerprint density at radius 2 is 2.04 bits per heavy atom. The van der Waals surface area contributed by atoms with Crippen molar-refractivity contribution in [3.8, 4) is 0 Å². The lowest BCUT2D eigenvalue weighted by Crippen LogP contribution is -2.01. The van der Waals surface area contributed by atoms with Gasteiger partial charge < -0.3 is 5.11 Å². The monoisotopic (exact) mass is 312 g/mol. The number of aryl methyl sites for hydroxylation is 3. The van der Waals surface area contributed by atoms with E-state index in [9.17, 15) is 9.90 Å². The van der Waals surface area contributed by atoms with Gasteiger partial charge in [0.15, 0.2) is 5.65 Å². The highest BCUT2D eigenvalue weighted by atomic mass is 16.4. The first-order valence-corrected chi connectivity index (χ1v) is 7.15. The Morgan fingerprint density at radius 1 is 1.30 bits per heavy atom. The molecule has 0 radical (unpaired) electrons. The van der Waals surface area contributed by atoms with E-state index in [1.54, 1.807) is 47.9 Å². The molecule has 118 valence electrons. The van der Waals surface area contributed by atoms with Crippen LogP contribution < -0.4 is 0 Å². The van der Waals surface area contributed by atoms with E-state index in [4.69, 9.17) is 0 Å². The van der Waals surface area contributed by atoms with Gasteiger partial charge in [-0.3, -0.25) is 4.68 Å². The second kappa shape index (κ2) is 5.64. The lowest BCUT2D eigenvalue weighted by atomic mass is 10.1. The van der Waals surface area contributed by atoms with Gasteiger partial charge in [0.25, 0.3) is 0 Å². The first kappa shape index (κ1) is 14.9. The van der Waals surface area contributed by atoms with Crippen molar-refractivity contribution in [3.05, 3.63) is 34.9 Å². The number of nitrogens with zero attached hydrogens (tertiary/aromatic N) is 6. The minimum Gasteiger partial charge on any atom is -0.478 e. The maximum atomic E-state index is 11.5. The predicted octanol–water partition coefficient (Wildman–Crippen LogP) is 1.76. The number of pyridine rings is 1. The van der Waals surface area contributed by atoms with E-state index in [2.05, 4.69) is 20.3 Å². The Hall–Kier alpha value is -3.03. The number of carboxylic acids is 1. The molecule has 0 aromatic carbocycles. The molecule has 3 rings (SSSR count). The average Bonchev–Trinajstić information content (AvgIpc) is 3.09. The van der Waals surface area contributed by atoms with Gasteiger partial charge in [0.1, 0.15) is 5.69 Å². The molecule has 0 amide bonds. The van der Waals surface area contributed by atoms with Crippen LogP contribution in [0, 0.1) is 6.92 Å². The van der Waals surface area contributed by atoms with E-state index < -0.39 is 5.97 Å². The van der Waals surface area contributed by atoms with Gasteiger partial charge in [-0.2, -0.15) is 20.1 Å². The molecule has 0 fully saturated rings. The van der Waals surface area contributed by atoms with Crippen LogP contribution in [0.4, 0.5) is 0 Å². The molecular weight excluding hydrogens is 296 g/mol. The van der Waals surface area contributed by atoms with Gasteiger partial charge in [-0.1, -0.05) is 0 Å². The van der Waals surface area contributed by atoms with Crippen molar-refractivity contribution in [3.63, 3.8) is 0 Å². The lowest BCUT2D eigenvalue weighted by Gasteiger charge is -2.01. The number of carbonyl (C=O) groups is 1. The first-order valence-electron chi connectivity index (χ1n) is 7.15. The van der Waals surface area contributed by atoms with Gasteiger partial charge >= 0.3 is 5.97 Å². The van der Waals surface area contributed by atoms with Crippen LogP contribution in [-0.2, 0) is 13.6 Å². The van der Waals surface area contributed by atoms with E-state index >= 15 is 0 Å². The molecule has 3 aromatic heterocycles. The molecule has 0 spiro atoms. The van der Waals surface area contributed by atoms with Crippen LogP contribution in [0.25, 0.3) is 23.2 Å². The fraction of sp³-hybridized carbons (Fsp3) is 0.267. The largest absolute Gasteiger partial charge is 0.478 e. The quantitative estimate of drug-likeness (QED) is 0.788. The minimum atomic E-state index is -1.000. The van der Waals surface area contributed by atoms with Crippen LogP contribution in [0.15, 0.2) is 12.3 Å². The number of aromatic nitrogens is 6. The van der Waals surface area contributed by atoms with Gasteiger partial charge in [0.05, 0.1) is 35.1 Å². The van der Waals surface area contributed by atoms with E-state index in [1.165, 1.54) is 0 Å². The summed E-state index contributed by atoms with van der Waals surface area (Å²) in [5.74, 6) is -1.000. The molecule has 0 atom stereocenters. The summed E-state index contributed by atoms with van der Waals surface area (Å²) in [7, 11) is 1.74. The molecular formula is C15H16N6O2. The Bertz CT molecular complexity index is 922. The number of carboxylic acid groups (broad SMARTS) is 1. The van der Waals surface area contributed by atoms with E-state index in [0.29, 0.717) is 34.7 Å². The molecule has 0 aliphatic carbocycles. The maximum absolute atomic E-state index is 11.5. The third kappa shape index (κ3) is 2.70. The first-order chi connectivity index (χ1) is 11.0. The van der Waals surface area contributed by atoms with Crippen molar-refractivity contribution in [2.24, 2.45) is 7.05 Å². The lowest BCUT2D eigenvalue weighted by molar-refractivity contribution is 0.0699. The Morgan fingerprint density at radius 3 is 2.70 bits per heavy atom. The summed E-state index contributed by atoms with van der Waals surface area (Å²) in [5, 5.41) is 22.6. The normalized spacial score (nSPS) is 11.6. The van der Waals surface area contributed by atoms with Crippen molar-refractivity contribution >= 4 is 29.2 Å². The summed E-state index contributed by atoms with van der Waals surface area (Å²) < 4.78 is 1.59. The molecule has 3 heterocycles. The molecule has 0 bridgehead atoms. The number of fused-ring (bicyclic) bond motifs is 1. The molecule has 0 aliphatic heterocycles. The van der Waals surface area contributed by atoms with Crippen LogP contribution in [-0.4, -0.2) is 40.8 Å². The van der Waals surface area contributed by atoms with Gasteiger partial charge in [-0.05, 0) is 32.1 Å². The van der Waals surface area contributed by atoms with Crippen molar-refractivity contribution in [1.82, 2.24) is 29.8 Å². The minimum absolute atomic E-state index is 0.192. The van der Waals surface area contributed by atoms with Crippen LogP contribution in [0.2, 0.25) is 0 Å². The summed E-state index contributed by atoms with van der Waals surface area (Å²) in [4.78, 5) is 17.6. The van der Waals surface area contributed by atoms with Crippen LogP contribution in [0.5, 0.6) is 0 Å². The summed E-state index contributed by atoms with van der Waals surface area (Å²) in [6.45, 7) is 4.41. The smallest absolute Gasteiger partial charge is 0.336 e. The van der Waals surface area contributed by atoms with E-state index in [-0.39, 0.29) is 5.56 Å². The highest BCUT2D eigenvalue weighted by Crippen LogP contribution is 2.22. The van der Waals surface area contributed by atoms with Gasteiger partial charge in [-0.25, -0.2) is 9.78 Å². The zero-order valence-corrected chi connectivity index (χ0v) is 13.1. The zero-order chi connectivity index (χ0) is 16.6. The number of aromatic carboxylic acids is 1. The highest BCUT2D eigenvalue weighted by Gasteiger charge is 2.17. The molecule has 0 saturated heterocycles. The second-order valence-electron chi connectivity index (χ2n) is 5.10. The molecule has 0 aliphatic rings. The third-order valence-electron chi connectivity index (χ3n) is 3.48. The number of hydrogen-bond acceptors (Lipinski definition) is 5. The Balaban J connectivity index is 2.07. The van der Waals surface area contributed by atoms with Crippen LogP contribution in [0.3, 0.4) is 0 Å². The Labute approximate surface area is 132 Å². The number of rotatable bonds is 4. The van der Waals surface area contributed by atoms with Crippen LogP contribution in [0.1, 0.15) is 34.4 Å². The standard InChI is InChI=1S/C15H16N6O2/c1-4-21-16-8-11(19-21)6-5-10-7-12(15(22)23)13-9(2)18-20(3)14(13)17-10/h5-8H,4H2,1-3H3,(H,22,23)/b6-5+. The Kier molecular flexibility index (Phi) is 3.65. The zero-order valence-electron chi connectivity index (χ0n) is 13.1. The summed E-state index contributed by atoms with van der Waals surface area (Å²) in [6.07, 6.45) is 5.12. The van der Waals surface area contributed by atoms with Crippen molar-refractivity contribution in [2.75, 3.05) is 0 Å². The fourth-order valence-electron chi connectivity index (χ4n) is 2.43. The molecule has 3 aromatic rings. The molecule has 8 heteroatoms. The van der Waals surface area contributed by atoms with Gasteiger partial charge in [-0.15, -0.1) is 0 Å². The van der Waals surface area contributed by atoms with Gasteiger partial charge in [0.2, 0.25) is 0 Å². The molecule has 8 nitrogen and oxygen atoms in total. The van der Waals surface area contributed by atoms with E-state index in [0.717, 1.165) is 0 Å². The SMILES string of the molecule is CCn1ncc(/C=C/c2cc(C(=O)O)c3c(C)nn(C)c3n2)n1. The van der Waals surface area contributed by atoms with Crippen LogP contribution >= 0.6 is 0 Å². The molecule has 0 unspecified atom stereocenters. The molecule has 23 heavy (non-hydrogen) atoms. The summed E-state index contributed by atoms with van der Waals surface area (Å²) in [6, 6.07) is 1.54. The highest BCUT2D eigenvalue weighted by molar-refractivity contribution is 6.03. The number of hydrogen-bond donors (Lipinski definition) is 1. The van der Waals surface area contributed by atoms with Crippen molar-refractivity contribution in [2.45, 2.75) is 20.4 Å². The molecule has 1 N–H and O–H groups in total. The van der Waals surface area contributed by atoms with Crippen molar-refractivity contribution < 1.29 is 9.90 Å². The van der Waals surface area contributed by atoms with Gasteiger partial charge in [0, 0.05) is 7.05 Å².